The number of rotatable bonds is 3. The van der Waals surface area contributed by atoms with Crippen LogP contribution in [-0.2, 0) is 0 Å². The smallest absolute Gasteiger partial charge is 0.276 e. The van der Waals surface area contributed by atoms with Crippen molar-refractivity contribution in [3.8, 4) is 0 Å². The number of aromatic nitrogens is 1. The van der Waals surface area contributed by atoms with Gasteiger partial charge in [-0.3, -0.25) is 4.79 Å². The van der Waals surface area contributed by atoms with E-state index in [1.807, 2.05) is 11.0 Å². The molecule has 2 aromatic rings. The average molecular weight is 296 g/mol. The van der Waals surface area contributed by atoms with E-state index in [0.29, 0.717) is 11.6 Å². The molecule has 1 aliphatic heterocycles. The second-order valence-corrected chi connectivity index (χ2v) is 6.46. The number of nitrogens with zero attached hydrogens (tertiary/aromatic N) is 2. The predicted molar refractivity (Wildman–Crippen MR) is 82.7 cm³/mol. The molecule has 0 spiro atoms. The first kappa shape index (κ1) is 13.6. The molecule has 0 N–H and O–H groups in total. The highest BCUT2D eigenvalue weighted by Crippen LogP contribution is 2.40. The number of likely N-dealkylation sites (tertiary alicyclic amines) is 1. The topological polar surface area (TPSA) is 46.3 Å². The molecule has 0 unspecified atom stereocenters. The second kappa shape index (κ2) is 5.27. The second-order valence-electron chi connectivity index (χ2n) is 6.46. The highest BCUT2D eigenvalue weighted by Gasteiger charge is 2.34. The van der Waals surface area contributed by atoms with Crippen molar-refractivity contribution in [2.45, 2.75) is 44.6 Å². The van der Waals surface area contributed by atoms with Crippen molar-refractivity contribution in [2.24, 2.45) is 0 Å². The molecule has 4 heteroatoms. The highest BCUT2D eigenvalue weighted by molar-refractivity contribution is 5.92. The van der Waals surface area contributed by atoms with Crippen LogP contribution in [0.1, 0.15) is 65.0 Å². The van der Waals surface area contributed by atoms with E-state index in [9.17, 15) is 4.79 Å². The van der Waals surface area contributed by atoms with Gasteiger partial charge in [0.05, 0.1) is 6.04 Å². The van der Waals surface area contributed by atoms with E-state index < -0.39 is 0 Å². The number of carbonyl (C=O) groups is 1. The van der Waals surface area contributed by atoms with Crippen LogP contribution >= 0.6 is 0 Å². The molecule has 1 aromatic carbocycles. The molecular weight excluding hydrogens is 276 g/mol. The van der Waals surface area contributed by atoms with Gasteiger partial charge in [-0.2, -0.15) is 0 Å². The lowest BCUT2D eigenvalue weighted by atomic mass is 10.0. The molecule has 1 saturated heterocycles. The number of aryl methyl sites for hydroxylation is 1. The summed E-state index contributed by atoms with van der Waals surface area (Å²) >= 11 is 0. The summed E-state index contributed by atoms with van der Waals surface area (Å²) in [6.07, 6.45) is 4.36. The molecule has 1 aliphatic carbocycles. The maximum atomic E-state index is 12.8. The summed E-state index contributed by atoms with van der Waals surface area (Å²) in [7, 11) is 0. The summed E-state index contributed by atoms with van der Waals surface area (Å²) in [6, 6.07) is 10.4. The minimum Gasteiger partial charge on any atom is -0.360 e. The lowest BCUT2D eigenvalue weighted by Crippen LogP contribution is -2.30. The van der Waals surface area contributed by atoms with Crippen molar-refractivity contribution in [3.05, 3.63) is 52.9 Å². The standard InChI is InChI=1S/C18H20N2O2/c1-12-4-2-5-14(10-12)16-6-3-9-20(16)18(21)15-11-17(22-19-15)13-7-8-13/h2,4-5,10-11,13,16H,3,6-9H2,1H3/t16-/m0/s1. The van der Waals surface area contributed by atoms with Crippen LogP contribution in [0.5, 0.6) is 0 Å². The van der Waals surface area contributed by atoms with Crippen molar-refractivity contribution in [2.75, 3.05) is 6.54 Å². The van der Waals surface area contributed by atoms with Gasteiger partial charge < -0.3 is 9.42 Å². The predicted octanol–water partition coefficient (Wildman–Crippen LogP) is 3.84. The van der Waals surface area contributed by atoms with Crippen LogP contribution in [0.25, 0.3) is 0 Å². The zero-order valence-electron chi connectivity index (χ0n) is 12.8. The Morgan fingerprint density at radius 1 is 1.27 bits per heavy atom. The summed E-state index contributed by atoms with van der Waals surface area (Å²) in [5.41, 5.74) is 2.91. The average Bonchev–Trinajstić information content (AvgIpc) is 3.06. The minimum absolute atomic E-state index is 0.000318. The van der Waals surface area contributed by atoms with E-state index >= 15 is 0 Å². The highest BCUT2D eigenvalue weighted by atomic mass is 16.5. The fraction of sp³-hybridized carbons (Fsp3) is 0.444. The summed E-state index contributed by atoms with van der Waals surface area (Å²) in [5, 5.41) is 4.00. The van der Waals surface area contributed by atoms with Crippen molar-refractivity contribution in [1.29, 1.82) is 0 Å². The Balaban J connectivity index is 1.58. The van der Waals surface area contributed by atoms with E-state index in [0.717, 1.165) is 38.0 Å². The largest absolute Gasteiger partial charge is 0.360 e. The number of hydrogen-bond acceptors (Lipinski definition) is 3. The number of hydrogen-bond donors (Lipinski definition) is 0. The molecule has 114 valence electrons. The molecule has 22 heavy (non-hydrogen) atoms. The van der Waals surface area contributed by atoms with Gasteiger partial charge in [0.1, 0.15) is 5.76 Å². The molecule has 1 aromatic heterocycles. The lowest BCUT2D eigenvalue weighted by Gasteiger charge is -2.24. The van der Waals surface area contributed by atoms with Crippen LogP contribution in [0.15, 0.2) is 34.9 Å². The molecule has 1 saturated carbocycles. The van der Waals surface area contributed by atoms with Crippen LogP contribution in [-0.4, -0.2) is 22.5 Å². The zero-order valence-corrected chi connectivity index (χ0v) is 12.8. The van der Waals surface area contributed by atoms with E-state index in [4.69, 9.17) is 4.52 Å². The summed E-state index contributed by atoms with van der Waals surface area (Å²) in [4.78, 5) is 14.7. The van der Waals surface area contributed by atoms with E-state index in [2.05, 4.69) is 36.3 Å². The Hall–Kier alpha value is -2.10. The van der Waals surface area contributed by atoms with Gasteiger partial charge in [0.15, 0.2) is 5.69 Å². The Morgan fingerprint density at radius 2 is 2.14 bits per heavy atom. The Kier molecular flexibility index (Phi) is 3.25. The van der Waals surface area contributed by atoms with Crippen molar-refractivity contribution >= 4 is 5.91 Å². The number of amides is 1. The first-order chi connectivity index (χ1) is 10.7. The number of carbonyl (C=O) groups excluding carboxylic acids is 1. The van der Waals surface area contributed by atoms with Crippen molar-refractivity contribution in [1.82, 2.24) is 10.1 Å². The third-order valence-corrected chi connectivity index (χ3v) is 4.67. The summed E-state index contributed by atoms with van der Waals surface area (Å²) in [6.45, 7) is 2.88. The van der Waals surface area contributed by atoms with Gasteiger partial charge in [0, 0.05) is 18.5 Å². The molecule has 2 aliphatic rings. The van der Waals surface area contributed by atoms with Gasteiger partial charge in [-0.15, -0.1) is 0 Å². The third-order valence-electron chi connectivity index (χ3n) is 4.67. The summed E-state index contributed by atoms with van der Waals surface area (Å²) < 4.78 is 5.33. The Morgan fingerprint density at radius 3 is 2.91 bits per heavy atom. The zero-order chi connectivity index (χ0) is 15.1. The Bertz CT molecular complexity index is 703. The van der Waals surface area contributed by atoms with Crippen molar-refractivity contribution < 1.29 is 9.32 Å². The normalized spacial score (nSPS) is 21.3. The van der Waals surface area contributed by atoms with Gasteiger partial charge in [-0.25, -0.2) is 0 Å². The maximum Gasteiger partial charge on any atom is 0.276 e. The van der Waals surface area contributed by atoms with Crippen LogP contribution in [0, 0.1) is 6.92 Å². The van der Waals surface area contributed by atoms with E-state index in [-0.39, 0.29) is 11.9 Å². The van der Waals surface area contributed by atoms with E-state index in [1.165, 1.54) is 11.1 Å². The van der Waals surface area contributed by atoms with E-state index in [1.54, 1.807) is 0 Å². The summed E-state index contributed by atoms with van der Waals surface area (Å²) in [5.74, 6) is 1.36. The molecule has 1 amide bonds. The van der Waals surface area contributed by atoms with Crippen molar-refractivity contribution in [3.63, 3.8) is 0 Å². The fourth-order valence-corrected chi connectivity index (χ4v) is 3.33. The quantitative estimate of drug-likeness (QED) is 0.864. The molecule has 0 radical (unpaired) electrons. The molecule has 1 atom stereocenters. The van der Waals surface area contributed by atoms with Gasteiger partial charge in [-0.1, -0.05) is 35.0 Å². The van der Waals surface area contributed by atoms with Gasteiger partial charge in [0.2, 0.25) is 0 Å². The van der Waals surface area contributed by atoms with Gasteiger partial charge in [-0.05, 0) is 38.2 Å². The minimum atomic E-state index is -0.000318. The van der Waals surface area contributed by atoms with Gasteiger partial charge in [0.25, 0.3) is 5.91 Å². The molecule has 4 nitrogen and oxygen atoms in total. The Labute approximate surface area is 130 Å². The first-order valence-corrected chi connectivity index (χ1v) is 8.06. The third kappa shape index (κ3) is 2.43. The number of benzene rings is 1. The van der Waals surface area contributed by atoms with Crippen LogP contribution < -0.4 is 0 Å². The first-order valence-electron chi connectivity index (χ1n) is 8.06. The molecule has 2 heterocycles. The molecule has 4 rings (SSSR count). The lowest BCUT2D eigenvalue weighted by molar-refractivity contribution is 0.0725. The fourth-order valence-electron chi connectivity index (χ4n) is 3.33. The van der Waals surface area contributed by atoms with Crippen LogP contribution in [0.3, 0.4) is 0 Å². The SMILES string of the molecule is Cc1cccc([C@@H]2CCCN2C(=O)c2cc(C3CC3)on2)c1. The maximum absolute atomic E-state index is 12.8. The van der Waals surface area contributed by atoms with Crippen LogP contribution in [0.4, 0.5) is 0 Å². The molecule has 2 fully saturated rings. The monoisotopic (exact) mass is 296 g/mol. The van der Waals surface area contributed by atoms with Gasteiger partial charge >= 0.3 is 0 Å². The molecular formula is C18H20N2O2. The molecule has 0 bridgehead atoms. The van der Waals surface area contributed by atoms with Crippen LogP contribution in [0.2, 0.25) is 0 Å².